The van der Waals surface area contributed by atoms with Crippen LogP contribution in [-0.4, -0.2) is 26.7 Å². The van der Waals surface area contributed by atoms with Crippen molar-refractivity contribution in [2.45, 2.75) is 50.7 Å². The summed E-state index contributed by atoms with van der Waals surface area (Å²) in [4.78, 5) is 13.0. The SMILES string of the molecule is CC[C@H](Oc1cccc(C)c1)C(=O)N[C@H](CC)c1ccc(S(C)(=O)=O)cc1. The Bertz CT molecular complexity index is 875. The molecule has 0 aromatic heterocycles. The normalized spacial score (nSPS) is 13.6. The zero-order valence-electron chi connectivity index (χ0n) is 16.2. The molecule has 0 aliphatic rings. The fourth-order valence-corrected chi connectivity index (χ4v) is 3.44. The van der Waals surface area contributed by atoms with E-state index in [9.17, 15) is 13.2 Å². The highest BCUT2D eigenvalue weighted by Crippen LogP contribution is 2.21. The minimum Gasteiger partial charge on any atom is -0.481 e. The fourth-order valence-electron chi connectivity index (χ4n) is 2.81. The van der Waals surface area contributed by atoms with Crippen molar-refractivity contribution in [2.24, 2.45) is 0 Å². The predicted molar refractivity (Wildman–Crippen MR) is 107 cm³/mol. The van der Waals surface area contributed by atoms with Gasteiger partial charge in [0.2, 0.25) is 0 Å². The van der Waals surface area contributed by atoms with Crippen LogP contribution < -0.4 is 10.1 Å². The molecule has 2 aromatic carbocycles. The molecule has 0 unspecified atom stereocenters. The smallest absolute Gasteiger partial charge is 0.261 e. The van der Waals surface area contributed by atoms with Crippen LogP contribution in [0, 0.1) is 6.92 Å². The molecule has 2 rings (SSSR count). The van der Waals surface area contributed by atoms with E-state index in [0.29, 0.717) is 18.6 Å². The van der Waals surface area contributed by atoms with Gasteiger partial charge in [0.15, 0.2) is 15.9 Å². The third kappa shape index (κ3) is 5.82. The second-order valence-electron chi connectivity index (χ2n) is 6.64. The maximum Gasteiger partial charge on any atom is 0.261 e. The van der Waals surface area contributed by atoms with Gasteiger partial charge in [-0.15, -0.1) is 0 Å². The van der Waals surface area contributed by atoms with E-state index < -0.39 is 15.9 Å². The summed E-state index contributed by atoms with van der Waals surface area (Å²) in [6.45, 7) is 5.85. The highest BCUT2D eigenvalue weighted by Gasteiger charge is 2.22. The number of nitrogens with one attached hydrogen (secondary N) is 1. The monoisotopic (exact) mass is 389 g/mol. The quantitative estimate of drug-likeness (QED) is 0.745. The lowest BCUT2D eigenvalue weighted by Gasteiger charge is -2.22. The zero-order valence-corrected chi connectivity index (χ0v) is 17.0. The van der Waals surface area contributed by atoms with Crippen LogP contribution in [0.4, 0.5) is 0 Å². The first-order chi connectivity index (χ1) is 12.7. The van der Waals surface area contributed by atoms with Crippen LogP contribution in [-0.2, 0) is 14.6 Å². The largest absolute Gasteiger partial charge is 0.481 e. The van der Waals surface area contributed by atoms with E-state index >= 15 is 0 Å². The molecule has 0 aliphatic carbocycles. The van der Waals surface area contributed by atoms with Gasteiger partial charge in [-0.1, -0.05) is 38.1 Å². The molecule has 1 amide bonds. The molecule has 0 saturated heterocycles. The molecule has 27 heavy (non-hydrogen) atoms. The number of hydrogen-bond acceptors (Lipinski definition) is 4. The van der Waals surface area contributed by atoms with E-state index in [-0.39, 0.29) is 16.8 Å². The molecule has 2 atom stereocenters. The van der Waals surface area contributed by atoms with Crippen LogP contribution in [0.2, 0.25) is 0 Å². The van der Waals surface area contributed by atoms with Gasteiger partial charge in [0.25, 0.3) is 5.91 Å². The molecule has 146 valence electrons. The van der Waals surface area contributed by atoms with Gasteiger partial charge in [-0.3, -0.25) is 4.79 Å². The van der Waals surface area contributed by atoms with Crippen molar-refractivity contribution in [1.29, 1.82) is 0 Å². The number of rotatable bonds is 8. The Morgan fingerprint density at radius 3 is 2.26 bits per heavy atom. The summed E-state index contributed by atoms with van der Waals surface area (Å²) >= 11 is 0. The van der Waals surface area contributed by atoms with Gasteiger partial charge in [-0.05, 0) is 55.2 Å². The van der Waals surface area contributed by atoms with Gasteiger partial charge < -0.3 is 10.1 Å². The molecule has 0 fully saturated rings. The van der Waals surface area contributed by atoms with Crippen LogP contribution in [0.25, 0.3) is 0 Å². The second kappa shape index (κ2) is 9.04. The fraction of sp³-hybridized carbons (Fsp3) is 0.381. The van der Waals surface area contributed by atoms with Gasteiger partial charge in [0.05, 0.1) is 10.9 Å². The standard InChI is InChI=1S/C21H27NO4S/c1-5-19(16-10-12-18(13-11-16)27(4,24)25)22-21(23)20(6-2)26-17-9-7-8-15(3)14-17/h7-14,19-20H,5-6H2,1-4H3,(H,22,23)/t19-,20+/m1/s1. The summed E-state index contributed by atoms with van der Waals surface area (Å²) in [5.41, 5.74) is 1.93. The Morgan fingerprint density at radius 2 is 1.74 bits per heavy atom. The van der Waals surface area contributed by atoms with E-state index in [1.807, 2.05) is 45.0 Å². The molecule has 0 spiro atoms. The lowest BCUT2D eigenvalue weighted by atomic mass is 10.0. The van der Waals surface area contributed by atoms with E-state index in [1.165, 1.54) is 6.26 Å². The lowest BCUT2D eigenvalue weighted by molar-refractivity contribution is -0.128. The molecule has 2 aromatic rings. The van der Waals surface area contributed by atoms with Crippen LogP contribution in [0.15, 0.2) is 53.4 Å². The Labute approximate surface area is 161 Å². The number of carbonyl (C=O) groups is 1. The van der Waals surface area contributed by atoms with E-state index in [4.69, 9.17) is 4.74 Å². The molecule has 0 heterocycles. The first-order valence-corrected chi connectivity index (χ1v) is 11.0. The first-order valence-electron chi connectivity index (χ1n) is 9.08. The average molecular weight is 390 g/mol. The van der Waals surface area contributed by atoms with Crippen molar-refractivity contribution in [3.8, 4) is 5.75 Å². The highest BCUT2D eigenvalue weighted by atomic mass is 32.2. The lowest BCUT2D eigenvalue weighted by Crippen LogP contribution is -2.39. The van der Waals surface area contributed by atoms with Crippen molar-refractivity contribution in [3.63, 3.8) is 0 Å². The van der Waals surface area contributed by atoms with Crippen molar-refractivity contribution < 1.29 is 17.9 Å². The molecular weight excluding hydrogens is 362 g/mol. The van der Waals surface area contributed by atoms with Crippen molar-refractivity contribution >= 4 is 15.7 Å². The summed E-state index contributed by atoms with van der Waals surface area (Å²) in [7, 11) is -3.24. The Balaban J connectivity index is 2.10. The average Bonchev–Trinajstić information content (AvgIpc) is 2.63. The molecular formula is C21H27NO4S. The number of aryl methyl sites for hydroxylation is 1. The van der Waals surface area contributed by atoms with E-state index in [1.54, 1.807) is 24.3 Å². The second-order valence-corrected chi connectivity index (χ2v) is 8.66. The summed E-state index contributed by atoms with van der Waals surface area (Å²) < 4.78 is 29.1. The third-order valence-electron chi connectivity index (χ3n) is 4.37. The maximum absolute atomic E-state index is 12.7. The van der Waals surface area contributed by atoms with Gasteiger partial charge in [0.1, 0.15) is 5.75 Å². The zero-order chi connectivity index (χ0) is 20.0. The Morgan fingerprint density at radius 1 is 1.07 bits per heavy atom. The van der Waals surface area contributed by atoms with Crippen molar-refractivity contribution in [3.05, 3.63) is 59.7 Å². The maximum atomic E-state index is 12.7. The minimum absolute atomic E-state index is 0.182. The third-order valence-corrected chi connectivity index (χ3v) is 5.49. The van der Waals surface area contributed by atoms with Crippen molar-refractivity contribution in [2.75, 3.05) is 6.26 Å². The highest BCUT2D eigenvalue weighted by molar-refractivity contribution is 7.90. The van der Waals surface area contributed by atoms with Gasteiger partial charge in [-0.25, -0.2) is 8.42 Å². The van der Waals surface area contributed by atoms with Crippen LogP contribution in [0.5, 0.6) is 5.75 Å². The number of carbonyl (C=O) groups excluding carboxylic acids is 1. The number of hydrogen-bond donors (Lipinski definition) is 1. The molecule has 0 saturated carbocycles. The minimum atomic E-state index is -3.24. The predicted octanol–water partition coefficient (Wildman–Crippen LogP) is 3.82. The topological polar surface area (TPSA) is 72.5 Å². The summed E-state index contributed by atoms with van der Waals surface area (Å²) in [5, 5.41) is 3.01. The number of sulfone groups is 1. The van der Waals surface area contributed by atoms with Crippen LogP contribution in [0.1, 0.15) is 43.9 Å². The van der Waals surface area contributed by atoms with Crippen LogP contribution >= 0.6 is 0 Å². The van der Waals surface area contributed by atoms with Crippen LogP contribution in [0.3, 0.4) is 0 Å². The van der Waals surface area contributed by atoms with Gasteiger partial charge >= 0.3 is 0 Å². The molecule has 1 N–H and O–H groups in total. The number of amides is 1. The molecule has 0 radical (unpaired) electrons. The van der Waals surface area contributed by atoms with Crippen molar-refractivity contribution in [1.82, 2.24) is 5.32 Å². The number of ether oxygens (including phenoxy) is 1. The summed E-state index contributed by atoms with van der Waals surface area (Å²) in [6, 6.07) is 14.0. The first kappa shape index (κ1) is 21.0. The molecule has 0 bridgehead atoms. The molecule has 6 heteroatoms. The van der Waals surface area contributed by atoms with E-state index in [2.05, 4.69) is 5.32 Å². The number of benzene rings is 2. The van der Waals surface area contributed by atoms with Gasteiger partial charge in [-0.2, -0.15) is 0 Å². The summed E-state index contributed by atoms with van der Waals surface area (Å²) in [5.74, 6) is 0.487. The van der Waals surface area contributed by atoms with Gasteiger partial charge in [0, 0.05) is 6.26 Å². The summed E-state index contributed by atoms with van der Waals surface area (Å²) in [6.07, 6.45) is 1.82. The molecule has 5 nitrogen and oxygen atoms in total. The molecule has 0 aliphatic heterocycles. The Kier molecular flexibility index (Phi) is 7.02. The Hall–Kier alpha value is -2.34. The van der Waals surface area contributed by atoms with E-state index in [0.717, 1.165) is 11.1 Å².